The minimum Gasteiger partial charge on any atom is -0.497 e. The fourth-order valence-electron chi connectivity index (χ4n) is 3.47. The highest BCUT2D eigenvalue weighted by atomic mass is 16.5. The summed E-state index contributed by atoms with van der Waals surface area (Å²) in [6.07, 6.45) is 0. The first-order valence-corrected chi connectivity index (χ1v) is 9.80. The van der Waals surface area contributed by atoms with Crippen molar-refractivity contribution in [3.63, 3.8) is 0 Å². The molecule has 0 radical (unpaired) electrons. The van der Waals surface area contributed by atoms with Crippen molar-refractivity contribution in [2.24, 2.45) is 0 Å². The number of hydrogen-bond acceptors (Lipinski definition) is 4. The predicted octanol–water partition coefficient (Wildman–Crippen LogP) is 0.783. The summed E-state index contributed by atoms with van der Waals surface area (Å²) in [5.41, 5.74) is 3.47. The number of ether oxygens (including phenoxy) is 1. The van der Waals surface area contributed by atoms with Crippen LogP contribution in [0.3, 0.4) is 0 Å². The van der Waals surface area contributed by atoms with E-state index in [4.69, 9.17) is 4.74 Å². The average molecular weight is 384 g/mol. The van der Waals surface area contributed by atoms with Gasteiger partial charge in [0.25, 0.3) is 5.91 Å². The first-order valence-electron chi connectivity index (χ1n) is 9.80. The van der Waals surface area contributed by atoms with Gasteiger partial charge in [-0.1, -0.05) is 18.2 Å². The van der Waals surface area contributed by atoms with E-state index in [9.17, 15) is 4.79 Å². The molecule has 1 aliphatic heterocycles. The van der Waals surface area contributed by atoms with Gasteiger partial charge < -0.3 is 24.8 Å². The standard InChI is InChI=1S/C22H30N4O2/c1-24(2)19-9-7-18(8-10-19)16-23-22(27)17-25-11-13-26(14-12-25)20-5-4-6-21(15-20)28-3/h4-10,15H,11-14,16-17H2,1-3H3,(H,23,27)/p+1. The molecule has 1 saturated heterocycles. The SMILES string of the molecule is COc1cccc(N2CC[NH+](CC(=O)NCc3ccc(N(C)C)cc3)CC2)c1. The van der Waals surface area contributed by atoms with Gasteiger partial charge in [-0.25, -0.2) is 0 Å². The largest absolute Gasteiger partial charge is 0.497 e. The summed E-state index contributed by atoms with van der Waals surface area (Å²) >= 11 is 0. The number of methoxy groups -OCH3 is 1. The van der Waals surface area contributed by atoms with Gasteiger partial charge in [0.05, 0.1) is 33.3 Å². The molecule has 1 amide bonds. The van der Waals surface area contributed by atoms with Crippen LogP contribution in [0.5, 0.6) is 5.75 Å². The highest BCUT2D eigenvalue weighted by Crippen LogP contribution is 2.20. The molecular formula is C22H31N4O2+. The van der Waals surface area contributed by atoms with Gasteiger partial charge in [-0.2, -0.15) is 0 Å². The summed E-state index contributed by atoms with van der Waals surface area (Å²) in [5, 5.41) is 3.05. The molecule has 28 heavy (non-hydrogen) atoms. The lowest BCUT2D eigenvalue weighted by Crippen LogP contribution is -3.15. The Morgan fingerprint density at radius 1 is 1.14 bits per heavy atom. The fraction of sp³-hybridized carbons (Fsp3) is 0.409. The Bertz CT molecular complexity index is 768. The van der Waals surface area contributed by atoms with Crippen LogP contribution in [0, 0.1) is 0 Å². The predicted molar refractivity (Wildman–Crippen MR) is 113 cm³/mol. The molecule has 3 rings (SSSR count). The van der Waals surface area contributed by atoms with Crippen LogP contribution in [0.15, 0.2) is 48.5 Å². The molecule has 6 heteroatoms. The summed E-state index contributed by atoms with van der Waals surface area (Å²) in [6.45, 7) is 4.92. The number of quaternary nitrogens is 1. The third kappa shape index (κ3) is 5.39. The van der Waals surface area contributed by atoms with Crippen LogP contribution in [0.4, 0.5) is 11.4 Å². The number of nitrogens with one attached hydrogen (secondary N) is 2. The molecule has 6 nitrogen and oxygen atoms in total. The Balaban J connectivity index is 1.42. The molecule has 2 aromatic rings. The normalized spacial score (nSPS) is 14.6. The highest BCUT2D eigenvalue weighted by Gasteiger charge is 2.22. The highest BCUT2D eigenvalue weighted by molar-refractivity contribution is 5.76. The molecule has 0 spiro atoms. The van der Waals surface area contributed by atoms with E-state index < -0.39 is 0 Å². The molecule has 0 bridgehead atoms. The molecule has 0 aliphatic carbocycles. The smallest absolute Gasteiger partial charge is 0.275 e. The maximum Gasteiger partial charge on any atom is 0.275 e. The van der Waals surface area contributed by atoms with Crippen molar-refractivity contribution >= 4 is 17.3 Å². The summed E-state index contributed by atoms with van der Waals surface area (Å²) in [7, 11) is 5.73. The zero-order valence-electron chi connectivity index (χ0n) is 17.1. The minimum atomic E-state index is 0.113. The Morgan fingerprint density at radius 2 is 1.86 bits per heavy atom. The number of nitrogens with zero attached hydrogens (tertiary/aromatic N) is 2. The van der Waals surface area contributed by atoms with Gasteiger partial charge in [0.15, 0.2) is 6.54 Å². The van der Waals surface area contributed by atoms with E-state index in [0.717, 1.165) is 43.2 Å². The number of carbonyl (C=O) groups is 1. The zero-order valence-corrected chi connectivity index (χ0v) is 17.1. The first-order chi connectivity index (χ1) is 13.5. The number of rotatable bonds is 7. The zero-order chi connectivity index (χ0) is 19.9. The van der Waals surface area contributed by atoms with Crippen LogP contribution < -0.4 is 24.8 Å². The van der Waals surface area contributed by atoms with Crippen molar-refractivity contribution in [1.29, 1.82) is 0 Å². The fourth-order valence-corrected chi connectivity index (χ4v) is 3.47. The summed E-state index contributed by atoms with van der Waals surface area (Å²) < 4.78 is 5.31. The molecule has 0 saturated carbocycles. The van der Waals surface area contributed by atoms with Crippen LogP contribution >= 0.6 is 0 Å². The molecule has 150 valence electrons. The molecular weight excluding hydrogens is 352 g/mol. The van der Waals surface area contributed by atoms with Crippen LogP contribution in [0.2, 0.25) is 0 Å². The number of benzene rings is 2. The third-order valence-corrected chi connectivity index (χ3v) is 5.24. The van der Waals surface area contributed by atoms with E-state index in [2.05, 4.69) is 51.5 Å². The summed E-state index contributed by atoms with van der Waals surface area (Å²) in [5.74, 6) is 0.992. The van der Waals surface area contributed by atoms with E-state index in [1.165, 1.54) is 10.6 Å². The van der Waals surface area contributed by atoms with E-state index in [-0.39, 0.29) is 5.91 Å². The quantitative estimate of drug-likeness (QED) is 0.742. The summed E-state index contributed by atoms with van der Waals surface area (Å²) in [6, 6.07) is 16.4. The molecule has 0 aromatic heterocycles. The number of carbonyl (C=O) groups excluding carboxylic acids is 1. The first kappa shape index (κ1) is 20.0. The van der Waals surface area contributed by atoms with Crippen LogP contribution in [0.1, 0.15) is 5.56 Å². The number of piperazine rings is 1. The van der Waals surface area contributed by atoms with Crippen LogP contribution in [0.25, 0.3) is 0 Å². The number of amides is 1. The van der Waals surface area contributed by atoms with Gasteiger partial charge in [-0.15, -0.1) is 0 Å². The van der Waals surface area contributed by atoms with Gasteiger partial charge in [0.1, 0.15) is 5.75 Å². The van der Waals surface area contributed by atoms with Crippen molar-refractivity contribution < 1.29 is 14.4 Å². The molecule has 1 aliphatic rings. The van der Waals surface area contributed by atoms with Crippen molar-refractivity contribution in [1.82, 2.24) is 5.32 Å². The van der Waals surface area contributed by atoms with Crippen molar-refractivity contribution in [3.8, 4) is 5.75 Å². The Morgan fingerprint density at radius 3 is 2.50 bits per heavy atom. The van der Waals surface area contributed by atoms with E-state index in [1.54, 1.807) is 7.11 Å². The van der Waals surface area contributed by atoms with Crippen molar-refractivity contribution in [2.45, 2.75) is 6.54 Å². The molecule has 2 aromatic carbocycles. The lowest BCUT2D eigenvalue weighted by atomic mass is 10.2. The monoisotopic (exact) mass is 383 g/mol. The van der Waals surface area contributed by atoms with E-state index >= 15 is 0 Å². The minimum absolute atomic E-state index is 0.113. The maximum atomic E-state index is 12.3. The molecule has 1 heterocycles. The molecule has 1 fully saturated rings. The lowest BCUT2D eigenvalue weighted by Gasteiger charge is -2.33. The second-order valence-corrected chi connectivity index (χ2v) is 7.45. The number of anilines is 2. The second-order valence-electron chi connectivity index (χ2n) is 7.45. The average Bonchev–Trinajstić information content (AvgIpc) is 2.73. The Kier molecular flexibility index (Phi) is 6.76. The number of hydrogen-bond donors (Lipinski definition) is 2. The Hall–Kier alpha value is -2.73. The molecule has 0 atom stereocenters. The van der Waals surface area contributed by atoms with Gasteiger partial charge >= 0.3 is 0 Å². The molecule has 0 unspecified atom stereocenters. The Labute approximate surface area is 167 Å². The van der Waals surface area contributed by atoms with Crippen LogP contribution in [-0.2, 0) is 11.3 Å². The maximum absolute atomic E-state index is 12.3. The second kappa shape index (κ2) is 9.46. The lowest BCUT2D eigenvalue weighted by molar-refractivity contribution is -0.892. The van der Waals surface area contributed by atoms with Gasteiger partial charge in [-0.05, 0) is 29.8 Å². The van der Waals surface area contributed by atoms with E-state index in [0.29, 0.717) is 13.1 Å². The summed E-state index contributed by atoms with van der Waals surface area (Å²) in [4.78, 5) is 18.1. The van der Waals surface area contributed by atoms with Gasteiger partial charge in [-0.3, -0.25) is 4.79 Å². The van der Waals surface area contributed by atoms with Crippen molar-refractivity contribution in [3.05, 3.63) is 54.1 Å². The van der Waals surface area contributed by atoms with Gasteiger partial charge in [0, 0.05) is 38.1 Å². The van der Waals surface area contributed by atoms with E-state index in [1.807, 2.05) is 26.2 Å². The third-order valence-electron chi connectivity index (χ3n) is 5.24. The topological polar surface area (TPSA) is 49.3 Å². The van der Waals surface area contributed by atoms with Gasteiger partial charge in [0.2, 0.25) is 0 Å². The van der Waals surface area contributed by atoms with Crippen LogP contribution in [-0.4, -0.2) is 59.8 Å². The molecule has 2 N–H and O–H groups in total. The van der Waals surface area contributed by atoms with Crippen molar-refractivity contribution in [2.75, 3.05) is 63.7 Å².